The van der Waals surface area contributed by atoms with Gasteiger partial charge in [-0.2, -0.15) is 4.98 Å². The number of hydrogen-bond acceptors (Lipinski definition) is 7. The molecule has 11 heteroatoms. The van der Waals surface area contributed by atoms with E-state index in [0.29, 0.717) is 22.3 Å². The molecule has 1 fully saturated rings. The summed E-state index contributed by atoms with van der Waals surface area (Å²) in [6.07, 6.45) is -2.49. The van der Waals surface area contributed by atoms with E-state index in [1.807, 2.05) is 0 Å². The van der Waals surface area contributed by atoms with Crippen LogP contribution in [0.25, 0.3) is 0 Å². The van der Waals surface area contributed by atoms with Gasteiger partial charge in [-0.05, 0) is 6.07 Å². The minimum atomic E-state index is -1.21. The third-order valence-corrected chi connectivity index (χ3v) is 5.35. The smallest absolute Gasteiger partial charge is 0.351 e. The molecule has 0 bridgehead atoms. The van der Waals surface area contributed by atoms with Gasteiger partial charge in [-0.25, -0.2) is 4.79 Å². The highest BCUT2D eigenvalue weighted by atomic mass is 32.4. The highest BCUT2D eigenvalue weighted by molar-refractivity contribution is 8.37. The quantitative estimate of drug-likeness (QED) is 0.484. The van der Waals surface area contributed by atoms with Gasteiger partial charge in [0.05, 0.1) is 6.61 Å². The molecule has 1 aromatic heterocycles. The minimum Gasteiger partial charge on any atom is -0.387 e. The SMILES string of the molecule is CNc1ccn([C@@H]2O[C@H](COPPP)C(O)[C@@H]2O)c(=O)n1. The van der Waals surface area contributed by atoms with Crippen LogP contribution >= 0.6 is 25.4 Å². The van der Waals surface area contributed by atoms with Gasteiger partial charge in [0.15, 0.2) is 6.23 Å². The average molecular weight is 353 g/mol. The number of ether oxygens (including phenoxy) is 1. The third kappa shape index (κ3) is 3.96. The summed E-state index contributed by atoms with van der Waals surface area (Å²) in [6, 6.07) is 1.59. The lowest BCUT2D eigenvalue weighted by molar-refractivity contribution is -0.0498. The van der Waals surface area contributed by atoms with Gasteiger partial charge in [0.25, 0.3) is 0 Å². The number of nitrogens with one attached hydrogen (secondary N) is 1. The Labute approximate surface area is 127 Å². The first-order valence-corrected chi connectivity index (χ1v) is 10.9. The second-order valence-corrected chi connectivity index (χ2v) is 9.21. The van der Waals surface area contributed by atoms with Crippen molar-refractivity contribution in [2.24, 2.45) is 0 Å². The fraction of sp³-hybridized carbons (Fsp3) is 0.600. The fourth-order valence-corrected chi connectivity index (χ4v) is 3.59. The molecule has 1 saturated heterocycles. The second-order valence-electron chi connectivity index (χ2n) is 4.36. The Morgan fingerprint density at radius 1 is 1.57 bits per heavy atom. The Bertz CT molecular complexity index is 531. The Morgan fingerprint density at radius 3 is 2.95 bits per heavy atom. The van der Waals surface area contributed by atoms with Crippen LogP contribution in [0.4, 0.5) is 5.82 Å². The number of nitrogens with zero attached hydrogens (tertiary/aromatic N) is 2. The average Bonchev–Trinajstić information content (AvgIpc) is 2.76. The van der Waals surface area contributed by atoms with Crippen LogP contribution in [-0.2, 0) is 9.26 Å². The third-order valence-electron chi connectivity index (χ3n) is 3.08. The summed E-state index contributed by atoms with van der Waals surface area (Å²) >= 11 is 0. The number of hydrogen-bond donors (Lipinski definition) is 3. The van der Waals surface area contributed by atoms with Crippen molar-refractivity contribution in [3.05, 3.63) is 22.7 Å². The standard InChI is InChI=1S/C10H18N3O5P3/c1-11-6-2-3-13(10(16)12-6)9-8(15)7(14)5(18-9)4-17-20-21-19/h2-3,5,7-9,14-15,20-21H,4,19H2,1H3,(H,11,12,16)/t5-,7?,8+,9-/m1/s1. The summed E-state index contributed by atoms with van der Waals surface area (Å²) in [6.45, 7) is 0.172. The summed E-state index contributed by atoms with van der Waals surface area (Å²) in [4.78, 5) is 15.7. The van der Waals surface area contributed by atoms with Gasteiger partial charge in [0.1, 0.15) is 24.1 Å². The second kappa shape index (κ2) is 7.89. The van der Waals surface area contributed by atoms with Crippen molar-refractivity contribution in [3.63, 3.8) is 0 Å². The van der Waals surface area contributed by atoms with Crippen LogP contribution in [0.1, 0.15) is 6.23 Å². The molecule has 3 N–H and O–H groups in total. The van der Waals surface area contributed by atoms with Gasteiger partial charge in [-0.15, -0.1) is 8.93 Å². The molecule has 1 aliphatic rings. The zero-order valence-corrected chi connectivity index (χ0v) is 14.4. The van der Waals surface area contributed by atoms with Gasteiger partial charge in [-0.3, -0.25) is 4.57 Å². The Kier molecular flexibility index (Phi) is 6.45. The van der Waals surface area contributed by atoms with Crippen LogP contribution in [0.15, 0.2) is 17.1 Å². The summed E-state index contributed by atoms with van der Waals surface area (Å²) < 4.78 is 12.1. The van der Waals surface area contributed by atoms with Crippen LogP contribution in [0.3, 0.4) is 0 Å². The number of anilines is 1. The molecule has 1 aliphatic heterocycles. The van der Waals surface area contributed by atoms with Crippen molar-refractivity contribution in [1.29, 1.82) is 0 Å². The molecular formula is C10H18N3O5P3. The van der Waals surface area contributed by atoms with Gasteiger partial charge in [0.2, 0.25) is 0 Å². The lowest BCUT2D eigenvalue weighted by Gasteiger charge is -2.17. The highest BCUT2D eigenvalue weighted by Gasteiger charge is 2.44. The molecule has 4 unspecified atom stereocenters. The number of aliphatic hydroxyl groups excluding tert-OH is 2. The fourth-order valence-electron chi connectivity index (χ4n) is 2.01. The predicted molar refractivity (Wildman–Crippen MR) is 86.3 cm³/mol. The van der Waals surface area contributed by atoms with E-state index in [9.17, 15) is 15.0 Å². The molecule has 0 aromatic carbocycles. The van der Waals surface area contributed by atoms with E-state index in [4.69, 9.17) is 9.26 Å². The molecule has 0 amide bonds. The summed E-state index contributed by atoms with van der Waals surface area (Å²) in [5, 5.41) is 22.8. The van der Waals surface area contributed by atoms with Gasteiger partial charge >= 0.3 is 5.69 Å². The number of aromatic nitrogens is 2. The van der Waals surface area contributed by atoms with E-state index in [0.717, 1.165) is 4.57 Å². The largest absolute Gasteiger partial charge is 0.387 e. The Morgan fingerprint density at radius 2 is 2.33 bits per heavy atom. The molecule has 2 heterocycles. The Balaban J connectivity index is 2.12. The van der Waals surface area contributed by atoms with E-state index >= 15 is 0 Å². The molecule has 1 aromatic rings. The van der Waals surface area contributed by atoms with E-state index in [2.05, 4.69) is 19.2 Å². The summed E-state index contributed by atoms with van der Waals surface area (Å²) in [5.41, 5.74) is -0.562. The topological polar surface area (TPSA) is 106 Å². The van der Waals surface area contributed by atoms with E-state index in [1.54, 1.807) is 13.1 Å². The normalized spacial score (nSPS) is 29.9. The predicted octanol–water partition coefficient (Wildman–Crippen LogP) is -0.102. The first-order valence-electron chi connectivity index (χ1n) is 6.19. The minimum absolute atomic E-state index is 0.172. The monoisotopic (exact) mass is 353 g/mol. The van der Waals surface area contributed by atoms with Crippen molar-refractivity contribution in [2.75, 3.05) is 19.0 Å². The molecule has 0 saturated carbocycles. The van der Waals surface area contributed by atoms with Gasteiger partial charge in [-0.1, -0.05) is 7.96 Å². The van der Waals surface area contributed by atoms with Gasteiger partial charge in [0, 0.05) is 21.7 Å². The van der Waals surface area contributed by atoms with Crippen molar-refractivity contribution >= 4 is 31.2 Å². The van der Waals surface area contributed by atoms with Crippen LogP contribution in [0, 0.1) is 0 Å². The highest BCUT2D eigenvalue weighted by Crippen LogP contribution is 2.44. The lowest BCUT2D eigenvalue weighted by Crippen LogP contribution is -2.36. The maximum Gasteiger partial charge on any atom is 0.351 e. The van der Waals surface area contributed by atoms with E-state index in [-0.39, 0.29) is 6.61 Å². The lowest BCUT2D eigenvalue weighted by atomic mass is 10.1. The molecule has 21 heavy (non-hydrogen) atoms. The maximum absolute atomic E-state index is 11.9. The first-order chi connectivity index (χ1) is 10.1. The Hall–Kier alpha value is -0.190. The van der Waals surface area contributed by atoms with Crippen LogP contribution < -0.4 is 11.0 Å². The van der Waals surface area contributed by atoms with Crippen molar-refractivity contribution in [1.82, 2.24) is 9.55 Å². The van der Waals surface area contributed by atoms with Crippen LogP contribution in [-0.4, -0.2) is 51.7 Å². The summed E-state index contributed by atoms with van der Waals surface area (Å²) in [7, 11) is 5.10. The van der Waals surface area contributed by atoms with Gasteiger partial charge < -0.3 is 24.8 Å². The molecule has 118 valence electrons. The number of rotatable bonds is 6. The first kappa shape index (κ1) is 17.2. The summed E-state index contributed by atoms with van der Waals surface area (Å²) in [5.74, 6) is 0.423. The molecular weight excluding hydrogens is 335 g/mol. The molecule has 0 radical (unpaired) electrons. The van der Waals surface area contributed by atoms with Crippen molar-refractivity contribution in [2.45, 2.75) is 24.5 Å². The van der Waals surface area contributed by atoms with Crippen molar-refractivity contribution < 1.29 is 19.5 Å². The van der Waals surface area contributed by atoms with Crippen LogP contribution in [0.5, 0.6) is 0 Å². The molecule has 0 aliphatic carbocycles. The molecule has 0 spiro atoms. The number of aliphatic hydroxyl groups is 2. The van der Waals surface area contributed by atoms with Crippen LogP contribution in [0.2, 0.25) is 0 Å². The molecule has 7 atom stereocenters. The zero-order valence-electron chi connectivity index (χ0n) is 11.3. The molecule has 8 nitrogen and oxygen atoms in total. The van der Waals surface area contributed by atoms with E-state index < -0.39 is 30.2 Å². The van der Waals surface area contributed by atoms with Crippen molar-refractivity contribution in [3.8, 4) is 0 Å². The maximum atomic E-state index is 11.9. The molecule has 2 rings (SSSR count). The van der Waals surface area contributed by atoms with E-state index in [1.165, 1.54) is 6.20 Å². The zero-order chi connectivity index (χ0) is 15.4.